The zero-order valence-corrected chi connectivity index (χ0v) is 15.7. The average molecular weight is 331 g/mol. The van der Waals surface area contributed by atoms with E-state index in [9.17, 15) is 9.36 Å². The van der Waals surface area contributed by atoms with E-state index in [2.05, 4.69) is 6.92 Å². The van der Waals surface area contributed by atoms with E-state index in [0.717, 1.165) is 12.8 Å². The molecule has 1 atom stereocenters. The molecule has 0 aliphatic carbocycles. The van der Waals surface area contributed by atoms with Gasteiger partial charge in [-0.25, -0.2) is 0 Å². The molecule has 0 heterocycles. The van der Waals surface area contributed by atoms with Crippen LogP contribution < -0.4 is 0 Å². The van der Waals surface area contributed by atoms with Crippen LogP contribution in [0.4, 0.5) is 0 Å². The van der Waals surface area contributed by atoms with Gasteiger partial charge >= 0.3 is 13.8 Å². The molecule has 1 unspecified atom stereocenters. The quantitative estimate of drug-likeness (QED) is 0.196. The number of unbranched alkanes of at least 4 members (excludes halogenated alkanes) is 11. The van der Waals surface area contributed by atoms with Gasteiger partial charge in [-0.3, -0.25) is 4.79 Å². The van der Waals surface area contributed by atoms with Crippen molar-refractivity contribution in [3.05, 3.63) is 0 Å². The summed E-state index contributed by atoms with van der Waals surface area (Å²) in [5.74, 6) is -0.201. The van der Waals surface area contributed by atoms with Crippen LogP contribution in [0.1, 0.15) is 90.4 Å². The molecule has 0 bridgehead atoms. The summed E-state index contributed by atoms with van der Waals surface area (Å²) in [6, 6.07) is 0. The standard InChI is InChI=1S/C18H36O3P/c1-3-4-5-6-7-8-9-10-11-12-13-14-16-21-18(19)15-17-22(2)20/h3-17H2,1-2H3/q+1. The van der Waals surface area contributed by atoms with Gasteiger partial charge in [-0.1, -0.05) is 82.1 Å². The molecule has 0 aromatic heterocycles. The maximum atomic E-state index is 11.3. The summed E-state index contributed by atoms with van der Waals surface area (Å²) in [4.78, 5) is 11.3. The number of carbonyl (C=O) groups excluding carboxylic acids is 1. The lowest BCUT2D eigenvalue weighted by molar-refractivity contribution is -0.143. The summed E-state index contributed by atoms with van der Waals surface area (Å²) in [7, 11) is -1.22. The highest BCUT2D eigenvalue weighted by Gasteiger charge is 2.11. The highest BCUT2D eigenvalue weighted by atomic mass is 31.1. The van der Waals surface area contributed by atoms with Gasteiger partial charge in [-0.05, 0) is 6.42 Å². The first-order valence-electron chi connectivity index (χ1n) is 9.20. The number of rotatable bonds is 16. The molecule has 0 N–H and O–H groups in total. The molecule has 0 spiro atoms. The minimum absolute atomic E-state index is 0.201. The Morgan fingerprint density at radius 3 is 1.73 bits per heavy atom. The van der Waals surface area contributed by atoms with Crippen LogP contribution in [0.15, 0.2) is 0 Å². The summed E-state index contributed by atoms with van der Waals surface area (Å²) < 4.78 is 16.0. The topological polar surface area (TPSA) is 43.4 Å². The Bertz CT molecular complexity index is 280. The van der Waals surface area contributed by atoms with E-state index < -0.39 is 7.80 Å². The van der Waals surface area contributed by atoms with Crippen LogP contribution in [0.25, 0.3) is 0 Å². The van der Waals surface area contributed by atoms with Crippen molar-refractivity contribution in [2.45, 2.75) is 90.4 Å². The summed E-state index contributed by atoms with van der Waals surface area (Å²) in [6.45, 7) is 4.43. The van der Waals surface area contributed by atoms with Crippen LogP contribution in [0.2, 0.25) is 0 Å². The summed E-state index contributed by atoms with van der Waals surface area (Å²) in [6.07, 6.45) is 16.4. The monoisotopic (exact) mass is 331 g/mol. The Morgan fingerprint density at radius 2 is 1.27 bits per heavy atom. The molecule has 0 rings (SSSR count). The molecule has 0 saturated heterocycles. The fraction of sp³-hybridized carbons (Fsp3) is 0.944. The summed E-state index contributed by atoms with van der Waals surface area (Å²) >= 11 is 0. The van der Waals surface area contributed by atoms with E-state index in [1.807, 2.05) is 0 Å². The summed E-state index contributed by atoms with van der Waals surface area (Å²) in [5.41, 5.74) is 0. The van der Waals surface area contributed by atoms with Crippen molar-refractivity contribution >= 4 is 13.8 Å². The predicted molar refractivity (Wildman–Crippen MR) is 95.1 cm³/mol. The Hall–Kier alpha value is -0.430. The molecule has 0 radical (unpaired) electrons. The molecule has 22 heavy (non-hydrogen) atoms. The van der Waals surface area contributed by atoms with Gasteiger partial charge in [0, 0.05) is 0 Å². The molecule has 130 valence electrons. The molecule has 0 aromatic rings. The zero-order valence-electron chi connectivity index (χ0n) is 14.8. The average Bonchev–Trinajstić information content (AvgIpc) is 2.49. The molecule has 0 aliphatic heterocycles. The van der Waals surface area contributed by atoms with Gasteiger partial charge in [0.05, 0.1) is 13.0 Å². The van der Waals surface area contributed by atoms with Crippen LogP contribution in [-0.4, -0.2) is 25.4 Å². The molecule has 0 amide bonds. The van der Waals surface area contributed by atoms with Gasteiger partial charge in [0.2, 0.25) is 0 Å². The van der Waals surface area contributed by atoms with Crippen molar-refractivity contribution in [1.82, 2.24) is 0 Å². The molecule has 0 fully saturated rings. The van der Waals surface area contributed by atoms with E-state index >= 15 is 0 Å². The van der Waals surface area contributed by atoms with Crippen molar-refractivity contribution in [2.24, 2.45) is 0 Å². The van der Waals surface area contributed by atoms with Gasteiger partial charge in [0.1, 0.15) is 6.66 Å². The minimum Gasteiger partial charge on any atom is -0.466 e. The summed E-state index contributed by atoms with van der Waals surface area (Å²) in [5, 5.41) is 0. The van der Waals surface area contributed by atoms with Crippen LogP contribution in [-0.2, 0) is 14.1 Å². The van der Waals surface area contributed by atoms with Crippen LogP contribution in [0, 0.1) is 0 Å². The molecule has 0 saturated carbocycles. The zero-order chi connectivity index (χ0) is 16.5. The van der Waals surface area contributed by atoms with Crippen molar-refractivity contribution in [3.63, 3.8) is 0 Å². The van der Waals surface area contributed by atoms with E-state index in [1.54, 1.807) is 6.66 Å². The molecule has 3 nitrogen and oxygen atoms in total. The largest absolute Gasteiger partial charge is 0.466 e. The molecular weight excluding hydrogens is 295 g/mol. The van der Waals surface area contributed by atoms with Crippen molar-refractivity contribution in [2.75, 3.05) is 19.4 Å². The van der Waals surface area contributed by atoms with Gasteiger partial charge in [0.25, 0.3) is 0 Å². The minimum atomic E-state index is -1.22. The molecular formula is C18H36O3P+. The van der Waals surface area contributed by atoms with Crippen molar-refractivity contribution in [3.8, 4) is 0 Å². The maximum absolute atomic E-state index is 11.3. The normalized spacial score (nSPS) is 11.5. The van der Waals surface area contributed by atoms with Crippen LogP contribution >= 0.6 is 7.80 Å². The number of carbonyl (C=O) groups is 1. The predicted octanol–water partition coefficient (Wildman–Crippen LogP) is 6.08. The third-order valence-corrected chi connectivity index (χ3v) is 4.75. The van der Waals surface area contributed by atoms with Gasteiger partial charge in [-0.15, -0.1) is 0 Å². The number of hydrogen-bond donors (Lipinski definition) is 0. The van der Waals surface area contributed by atoms with Crippen LogP contribution in [0.5, 0.6) is 0 Å². The molecule has 4 heteroatoms. The SMILES string of the molecule is CCCCCCCCCCCCCCOC(=O)CC[P+](C)=O. The number of ether oxygens (including phenoxy) is 1. The van der Waals surface area contributed by atoms with Gasteiger partial charge in [0.15, 0.2) is 6.16 Å². The Balaban J connectivity index is 3.11. The maximum Gasteiger partial charge on any atom is 0.336 e. The van der Waals surface area contributed by atoms with E-state index in [0.29, 0.717) is 19.2 Å². The van der Waals surface area contributed by atoms with E-state index in [-0.39, 0.29) is 5.97 Å². The fourth-order valence-electron chi connectivity index (χ4n) is 2.45. The fourth-order valence-corrected chi connectivity index (χ4v) is 2.95. The van der Waals surface area contributed by atoms with Crippen molar-refractivity contribution in [1.29, 1.82) is 0 Å². The molecule has 0 aromatic carbocycles. The first kappa shape index (κ1) is 21.6. The second kappa shape index (κ2) is 16.9. The van der Waals surface area contributed by atoms with Crippen LogP contribution in [0.3, 0.4) is 0 Å². The first-order valence-corrected chi connectivity index (χ1v) is 11.1. The Labute approximate surface area is 138 Å². The van der Waals surface area contributed by atoms with Gasteiger partial charge in [-0.2, -0.15) is 0 Å². The lowest BCUT2D eigenvalue weighted by atomic mass is 10.1. The van der Waals surface area contributed by atoms with Gasteiger partial charge < -0.3 is 4.74 Å². The molecule has 0 aliphatic rings. The van der Waals surface area contributed by atoms with Crippen molar-refractivity contribution < 1.29 is 14.1 Å². The third kappa shape index (κ3) is 17.6. The first-order chi connectivity index (χ1) is 10.7. The lowest BCUT2D eigenvalue weighted by Gasteiger charge is -2.04. The Kier molecular flexibility index (Phi) is 16.6. The third-order valence-electron chi connectivity index (χ3n) is 3.89. The highest BCUT2D eigenvalue weighted by molar-refractivity contribution is 7.43. The second-order valence-electron chi connectivity index (χ2n) is 6.21. The smallest absolute Gasteiger partial charge is 0.336 e. The van der Waals surface area contributed by atoms with E-state index in [1.165, 1.54) is 64.2 Å². The van der Waals surface area contributed by atoms with E-state index in [4.69, 9.17) is 4.74 Å². The second-order valence-corrected chi connectivity index (χ2v) is 7.91. The number of esters is 1. The number of hydrogen-bond acceptors (Lipinski definition) is 3. The highest BCUT2D eigenvalue weighted by Crippen LogP contribution is 2.15. The Morgan fingerprint density at radius 1 is 0.818 bits per heavy atom. The lowest BCUT2D eigenvalue weighted by Crippen LogP contribution is -2.06.